The van der Waals surface area contributed by atoms with E-state index in [0.717, 1.165) is 12.7 Å². The molecule has 0 saturated carbocycles. The van der Waals surface area contributed by atoms with Crippen LogP contribution in [0.4, 0.5) is 4.39 Å². The molecule has 0 spiro atoms. The van der Waals surface area contributed by atoms with Crippen molar-refractivity contribution in [1.82, 2.24) is 4.98 Å². The van der Waals surface area contributed by atoms with Gasteiger partial charge in [0.05, 0.1) is 12.8 Å². The van der Waals surface area contributed by atoms with E-state index in [9.17, 15) is 24.0 Å². The number of hydrogen-bond donors (Lipinski definition) is 2. The van der Waals surface area contributed by atoms with Gasteiger partial charge in [0, 0.05) is 16.8 Å². The first kappa shape index (κ1) is 26.2. The minimum atomic E-state index is -3.07. The van der Waals surface area contributed by atoms with Crippen LogP contribution in [0.1, 0.15) is 30.7 Å². The first-order chi connectivity index (χ1) is 16.6. The molecule has 6 nitrogen and oxygen atoms in total. The second-order valence-electron chi connectivity index (χ2n) is 8.18. The van der Waals surface area contributed by atoms with Crippen LogP contribution in [0.3, 0.4) is 0 Å². The topological polar surface area (TPSA) is 96.7 Å². The summed E-state index contributed by atoms with van der Waals surface area (Å²) in [6.45, 7) is 4.79. The fraction of sp³-hybridized carbons (Fsp3) is 0.259. The molecule has 0 aliphatic rings. The molecule has 0 fully saturated rings. The number of halogens is 1. The number of terminal acetylenes is 1. The normalized spacial score (nSPS) is 14.9. The molecule has 0 aliphatic heterocycles. The monoisotopic (exact) mass is 494 g/mol. The van der Waals surface area contributed by atoms with Crippen molar-refractivity contribution in [3.63, 3.8) is 0 Å². The number of carbonyl (C=O) groups is 1. The third-order valence-corrected chi connectivity index (χ3v) is 7.82. The summed E-state index contributed by atoms with van der Waals surface area (Å²) in [5, 5.41) is 19.5. The number of aryl methyl sites for hydroxylation is 1. The Morgan fingerprint density at radius 1 is 1.17 bits per heavy atom. The number of carboxylic acid groups (broad SMARTS) is 1. The Morgan fingerprint density at radius 2 is 1.77 bits per heavy atom. The molecule has 2 N–H and O–H groups in total. The van der Waals surface area contributed by atoms with Gasteiger partial charge in [-0.2, -0.15) is 0 Å². The van der Waals surface area contributed by atoms with Gasteiger partial charge in [-0.05, 0) is 59.6 Å². The fourth-order valence-corrected chi connectivity index (χ4v) is 5.40. The summed E-state index contributed by atoms with van der Waals surface area (Å²) in [5.74, 6) is -0.0722. The van der Waals surface area contributed by atoms with Crippen molar-refractivity contribution in [3.8, 4) is 34.7 Å². The molecule has 0 saturated heterocycles. The molecule has 3 aromatic rings. The van der Waals surface area contributed by atoms with Gasteiger partial charge in [0.25, 0.3) is 0 Å². The molecule has 35 heavy (non-hydrogen) atoms. The van der Waals surface area contributed by atoms with Crippen molar-refractivity contribution in [1.29, 1.82) is 0 Å². The highest BCUT2D eigenvalue weighted by atomic mass is 31.1. The molecule has 3 unspecified atom stereocenters. The third-order valence-electron chi connectivity index (χ3n) is 6.18. The quantitative estimate of drug-likeness (QED) is 0.318. The number of rotatable bonds is 8. The van der Waals surface area contributed by atoms with E-state index in [2.05, 4.69) is 5.92 Å². The molecule has 1 aromatic heterocycles. The predicted octanol–water partition coefficient (Wildman–Crippen LogP) is 5.48. The first-order valence-electron chi connectivity index (χ1n) is 10.9. The van der Waals surface area contributed by atoms with Gasteiger partial charge in [0.15, 0.2) is 5.60 Å². The zero-order valence-corrected chi connectivity index (χ0v) is 20.8. The molecular formula is C27H26FNO5P+. The van der Waals surface area contributed by atoms with Gasteiger partial charge in [0.1, 0.15) is 5.82 Å². The van der Waals surface area contributed by atoms with E-state index in [-0.39, 0.29) is 5.56 Å². The van der Waals surface area contributed by atoms with Crippen LogP contribution in [0, 0.1) is 25.1 Å². The summed E-state index contributed by atoms with van der Waals surface area (Å²) in [6.07, 6.45) is 5.94. The van der Waals surface area contributed by atoms with Gasteiger partial charge in [-0.25, -0.2) is 9.18 Å². The third kappa shape index (κ3) is 4.26. The molecule has 3 atom stereocenters. The summed E-state index contributed by atoms with van der Waals surface area (Å²) >= 11 is 0. The highest BCUT2D eigenvalue weighted by Crippen LogP contribution is 2.54. The number of hydrogen-bond acceptors (Lipinski definition) is 5. The van der Waals surface area contributed by atoms with Crippen molar-refractivity contribution < 1.29 is 28.5 Å². The van der Waals surface area contributed by atoms with E-state index < -0.39 is 30.6 Å². The number of carboxylic acids is 1. The molecule has 0 bridgehead atoms. The lowest BCUT2D eigenvalue weighted by molar-refractivity contribution is -0.145. The van der Waals surface area contributed by atoms with Crippen LogP contribution in [0.2, 0.25) is 0 Å². The summed E-state index contributed by atoms with van der Waals surface area (Å²) < 4.78 is 31.7. The van der Waals surface area contributed by atoms with E-state index in [1.54, 1.807) is 13.8 Å². The summed E-state index contributed by atoms with van der Waals surface area (Å²) in [7, 11) is -2.00. The van der Waals surface area contributed by atoms with E-state index in [0.29, 0.717) is 34.5 Å². The first-order valence-corrected chi connectivity index (χ1v) is 12.0. The zero-order chi connectivity index (χ0) is 26.0. The summed E-state index contributed by atoms with van der Waals surface area (Å²) in [5.41, 5.74) is 1.04. The van der Waals surface area contributed by atoms with Crippen molar-refractivity contribution in [2.24, 2.45) is 0 Å². The minimum Gasteiger partial charge on any atom is -0.477 e. The Hall–Kier alpha value is -3.43. The molecular weight excluding hydrogens is 468 g/mol. The van der Waals surface area contributed by atoms with Crippen LogP contribution in [-0.4, -0.2) is 33.4 Å². The average molecular weight is 494 g/mol. The molecule has 1 heterocycles. The van der Waals surface area contributed by atoms with E-state index in [1.165, 1.54) is 31.2 Å². The average Bonchev–Trinajstić information content (AvgIpc) is 2.85. The highest BCUT2D eigenvalue weighted by molar-refractivity contribution is 7.43. The van der Waals surface area contributed by atoms with Gasteiger partial charge < -0.3 is 10.2 Å². The lowest BCUT2D eigenvalue weighted by atomic mass is 9.76. The van der Waals surface area contributed by atoms with Crippen LogP contribution in [0.5, 0.6) is 0 Å². The number of aliphatic hydroxyl groups is 1. The molecule has 3 rings (SSSR count). The predicted molar refractivity (Wildman–Crippen MR) is 133 cm³/mol. The van der Waals surface area contributed by atoms with Gasteiger partial charge in [-0.1, -0.05) is 49.4 Å². The molecule has 180 valence electrons. The maximum absolute atomic E-state index is 13.8. The molecule has 0 radical (unpaired) electrons. The SMILES string of the molecule is C#CC(C(=O)O)([P+](=O)OC)C(C)(O)c1c(CC)nc(-c2ccccc2)c(C)c1-c1ccc(F)cc1. The lowest BCUT2D eigenvalue weighted by Gasteiger charge is -2.34. The second kappa shape index (κ2) is 10.1. The number of aliphatic carboxylic acids is 1. The Labute approximate surface area is 204 Å². The zero-order valence-electron chi connectivity index (χ0n) is 19.9. The smallest absolute Gasteiger partial charge is 0.477 e. The van der Waals surface area contributed by atoms with Crippen LogP contribution in [0.15, 0.2) is 54.6 Å². The maximum Gasteiger partial charge on any atom is 0.543 e. The van der Waals surface area contributed by atoms with Gasteiger partial charge in [-0.3, -0.25) is 4.98 Å². The summed E-state index contributed by atoms with van der Waals surface area (Å²) in [4.78, 5) is 17.3. The maximum atomic E-state index is 13.8. The highest BCUT2D eigenvalue weighted by Gasteiger charge is 2.71. The van der Waals surface area contributed by atoms with Gasteiger partial charge in [-0.15, -0.1) is 10.9 Å². The van der Waals surface area contributed by atoms with Crippen molar-refractivity contribution in [2.45, 2.75) is 37.9 Å². The van der Waals surface area contributed by atoms with Gasteiger partial charge >= 0.3 is 19.2 Å². The van der Waals surface area contributed by atoms with Crippen LogP contribution in [-0.2, 0) is 25.9 Å². The summed E-state index contributed by atoms with van der Waals surface area (Å²) in [6, 6.07) is 14.9. The molecule has 0 aliphatic carbocycles. The van der Waals surface area contributed by atoms with Crippen LogP contribution >= 0.6 is 8.03 Å². The van der Waals surface area contributed by atoms with Crippen LogP contribution < -0.4 is 0 Å². The van der Waals surface area contributed by atoms with Crippen molar-refractivity contribution >= 4 is 14.0 Å². The van der Waals surface area contributed by atoms with E-state index in [1.807, 2.05) is 30.3 Å². The number of pyridine rings is 1. The fourth-order valence-electron chi connectivity index (χ4n) is 4.40. The minimum absolute atomic E-state index is 0.101. The Balaban J connectivity index is 2.54. The number of aromatic nitrogens is 1. The van der Waals surface area contributed by atoms with Crippen LogP contribution in [0.25, 0.3) is 22.4 Å². The van der Waals surface area contributed by atoms with E-state index >= 15 is 0 Å². The Morgan fingerprint density at radius 3 is 2.26 bits per heavy atom. The van der Waals surface area contributed by atoms with E-state index in [4.69, 9.17) is 15.9 Å². The lowest BCUT2D eigenvalue weighted by Crippen LogP contribution is -2.53. The Kier molecular flexibility index (Phi) is 7.52. The van der Waals surface area contributed by atoms with Crippen molar-refractivity contribution in [3.05, 3.63) is 77.2 Å². The standard InChI is InChI=1S/C27H25FNO5P/c1-6-21-23(26(4,32)27(7-2,25(30)31)35(33)34-5)22(18-13-15-20(28)16-14-18)17(3)24(29-21)19-11-9-8-10-12-19/h2,8-16,32H,6H2,1,3-5H3/p+1. The largest absolute Gasteiger partial charge is 0.543 e. The van der Waals surface area contributed by atoms with Crippen molar-refractivity contribution in [2.75, 3.05) is 7.11 Å². The number of nitrogens with zero attached hydrogens (tertiary/aromatic N) is 1. The van der Waals surface area contributed by atoms with Gasteiger partial charge in [0.2, 0.25) is 0 Å². The Bertz CT molecular complexity index is 1320. The molecule has 2 aromatic carbocycles. The number of benzene rings is 2. The molecule has 0 amide bonds. The molecule has 8 heteroatoms. The second-order valence-corrected chi connectivity index (χ2v) is 9.73.